The lowest BCUT2D eigenvalue weighted by Crippen LogP contribution is -2.32. The quantitative estimate of drug-likeness (QED) is 0.943. The van der Waals surface area contributed by atoms with Crippen molar-refractivity contribution in [2.45, 2.75) is 25.9 Å². The van der Waals surface area contributed by atoms with E-state index in [0.717, 1.165) is 16.5 Å². The van der Waals surface area contributed by atoms with Crippen molar-refractivity contribution in [3.63, 3.8) is 0 Å². The van der Waals surface area contributed by atoms with Crippen LogP contribution in [0.15, 0.2) is 30.5 Å². The molecule has 1 aliphatic heterocycles. The van der Waals surface area contributed by atoms with Crippen molar-refractivity contribution in [2.24, 2.45) is 5.92 Å². The molecule has 4 nitrogen and oxygen atoms in total. The number of hydrogen-bond acceptors (Lipinski definition) is 3. The van der Waals surface area contributed by atoms with Gasteiger partial charge in [0.2, 0.25) is 0 Å². The SMILES string of the molecule is CC1C(C(=O)O)CCN1Cc1cc(F)cc2cccnc12. The molecule has 1 aliphatic rings. The zero-order chi connectivity index (χ0) is 15.0. The average molecular weight is 288 g/mol. The summed E-state index contributed by atoms with van der Waals surface area (Å²) in [6, 6.07) is 6.53. The molecule has 3 rings (SSSR count). The molecule has 2 heterocycles. The molecule has 0 bridgehead atoms. The van der Waals surface area contributed by atoms with Crippen molar-refractivity contribution in [1.29, 1.82) is 0 Å². The van der Waals surface area contributed by atoms with Gasteiger partial charge in [0.05, 0.1) is 11.4 Å². The van der Waals surface area contributed by atoms with Crippen LogP contribution in [-0.2, 0) is 11.3 Å². The number of hydrogen-bond donors (Lipinski definition) is 1. The summed E-state index contributed by atoms with van der Waals surface area (Å²) in [7, 11) is 0. The maximum Gasteiger partial charge on any atom is 0.308 e. The number of carboxylic acids is 1. The van der Waals surface area contributed by atoms with E-state index in [1.165, 1.54) is 12.1 Å². The molecule has 0 spiro atoms. The van der Waals surface area contributed by atoms with Crippen molar-refractivity contribution in [2.75, 3.05) is 6.54 Å². The van der Waals surface area contributed by atoms with E-state index in [0.29, 0.717) is 19.5 Å². The lowest BCUT2D eigenvalue weighted by atomic mass is 10.0. The summed E-state index contributed by atoms with van der Waals surface area (Å²) in [5.74, 6) is -1.39. The molecule has 0 saturated carbocycles. The van der Waals surface area contributed by atoms with Gasteiger partial charge in [-0.05, 0) is 43.7 Å². The number of fused-ring (bicyclic) bond motifs is 1. The maximum absolute atomic E-state index is 13.7. The maximum atomic E-state index is 13.7. The van der Waals surface area contributed by atoms with E-state index in [2.05, 4.69) is 9.88 Å². The molecule has 1 aromatic carbocycles. The molecule has 2 atom stereocenters. The van der Waals surface area contributed by atoms with Crippen LogP contribution in [-0.4, -0.2) is 33.5 Å². The van der Waals surface area contributed by atoms with Gasteiger partial charge in [-0.2, -0.15) is 0 Å². The number of aliphatic carboxylic acids is 1. The molecule has 5 heteroatoms. The smallest absolute Gasteiger partial charge is 0.308 e. The monoisotopic (exact) mass is 288 g/mol. The Morgan fingerprint density at radius 2 is 2.33 bits per heavy atom. The molecular weight excluding hydrogens is 271 g/mol. The van der Waals surface area contributed by atoms with E-state index >= 15 is 0 Å². The van der Waals surface area contributed by atoms with Gasteiger partial charge >= 0.3 is 5.97 Å². The minimum Gasteiger partial charge on any atom is -0.481 e. The van der Waals surface area contributed by atoms with E-state index < -0.39 is 5.97 Å². The molecule has 0 amide bonds. The molecule has 110 valence electrons. The van der Waals surface area contributed by atoms with Gasteiger partial charge in [-0.3, -0.25) is 14.7 Å². The van der Waals surface area contributed by atoms with Crippen molar-refractivity contribution in [1.82, 2.24) is 9.88 Å². The van der Waals surface area contributed by atoms with Crippen molar-refractivity contribution in [3.05, 3.63) is 41.8 Å². The number of carboxylic acid groups (broad SMARTS) is 1. The number of rotatable bonds is 3. The Bertz CT molecular complexity index is 689. The first kappa shape index (κ1) is 13.9. The fraction of sp³-hybridized carbons (Fsp3) is 0.375. The van der Waals surface area contributed by atoms with E-state index in [9.17, 15) is 14.3 Å². The van der Waals surface area contributed by atoms with Gasteiger partial charge < -0.3 is 5.11 Å². The third-order valence-electron chi connectivity index (χ3n) is 4.32. The van der Waals surface area contributed by atoms with Crippen LogP contribution >= 0.6 is 0 Å². The zero-order valence-electron chi connectivity index (χ0n) is 11.8. The van der Waals surface area contributed by atoms with Crippen LogP contribution in [0, 0.1) is 11.7 Å². The topological polar surface area (TPSA) is 53.4 Å². The highest BCUT2D eigenvalue weighted by molar-refractivity contribution is 5.81. The first-order chi connectivity index (χ1) is 10.1. The predicted molar refractivity (Wildman–Crippen MR) is 77.3 cm³/mol. The summed E-state index contributed by atoms with van der Waals surface area (Å²) >= 11 is 0. The summed E-state index contributed by atoms with van der Waals surface area (Å²) in [5.41, 5.74) is 1.59. The van der Waals surface area contributed by atoms with Crippen LogP contribution in [0.2, 0.25) is 0 Å². The summed E-state index contributed by atoms with van der Waals surface area (Å²) < 4.78 is 13.7. The van der Waals surface area contributed by atoms with Gasteiger partial charge in [0.15, 0.2) is 0 Å². The lowest BCUT2D eigenvalue weighted by molar-refractivity contribution is -0.142. The highest BCUT2D eigenvalue weighted by Gasteiger charge is 2.35. The molecule has 0 aliphatic carbocycles. The lowest BCUT2D eigenvalue weighted by Gasteiger charge is -2.23. The van der Waals surface area contributed by atoms with Gasteiger partial charge in [-0.1, -0.05) is 6.07 Å². The number of carbonyl (C=O) groups is 1. The molecule has 1 aromatic heterocycles. The number of likely N-dealkylation sites (tertiary alicyclic amines) is 1. The Morgan fingerprint density at radius 3 is 3.05 bits per heavy atom. The zero-order valence-corrected chi connectivity index (χ0v) is 11.8. The van der Waals surface area contributed by atoms with Gasteiger partial charge in [0, 0.05) is 24.2 Å². The summed E-state index contributed by atoms with van der Waals surface area (Å²) in [6.07, 6.45) is 2.33. The summed E-state index contributed by atoms with van der Waals surface area (Å²) in [6.45, 7) is 3.15. The Hall–Kier alpha value is -2.01. The van der Waals surface area contributed by atoms with Crippen LogP contribution < -0.4 is 0 Å². The van der Waals surface area contributed by atoms with E-state index in [-0.39, 0.29) is 17.8 Å². The van der Waals surface area contributed by atoms with Crippen LogP contribution in [0.1, 0.15) is 18.9 Å². The second-order valence-corrected chi connectivity index (χ2v) is 5.58. The standard InChI is InChI=1S/C16H17FN2O2/c1-10-14(16(20)21)4-6-19(10)9-12-8-13(17)7-11-3-2-5-18-15(11)12/h2-3,5,7-8,10,14H,4,6,9H2,1H3,(H,20,21). The van der Waals surface area contributed by atoms with Gasteiger partial charge in [0.25, 0.3) is 0 Å². The van der Waals surface area contributed by atoms with Crippen LogP contribution in [0.25, 0.3) is 10.9 Å². The Morgan fingerprint density at radius 1 is 1.52 bits per heavy atom. The molecule has 1 fully saturated rings. The highest BCUT2D eigenvalue weighted by Crippen LogP contribution is 2.28. The first-order valence-corrected chi connectivity index (χ1v) is 7.06. The van der Waals surface area contributed by atoms with E-state index in [1.54, 1.807) is 12.3 Å². The molecule has 0 radical (unpaired) electrons. The highest BCUT2D eigenvalue weighted by atomic mass is 19.1. The van der Waals surface area contributed by atoms with Gasteiger partial charge in [0.1, 0.15) is 5.82 Å². The molecule has 1 saturated heterocycles. The van der Waals surface area contributed by atoms with Crippen LogP contribution in [0.4, 0.5) is 4.39 Å². The second-order valence-electron chi connectivity index (χ2n) is 5.58. The molecule has 2 unspecified atom stereocenters. The fourth-order valence-corrected chi connectivity index (χ4v) is 3.12. The van der Waals surface area contributed by atoms with E-state index in [1.807, 2.05) is 13.0 Å². The van der Waals surface area contributed by atoms with E-state index in [4.69, 9.17) is 0 Å². The molecule has 2 aromatic rings. The first-order valence-electron chi connectivity index (χ1n) is 7.06. The summed E-state index contributed by atoms with van der Waals surface area (Å²) in [4.78, 5) is 17.6. The Kier molecular flexibility index (Phi) is 3.59. The Balaban J connectivity index is 1.90. The molecule has 21 heavy (non-hydrogen) atoms. The van der Waals surface area contributed by atoms with Gasteiger partial charge in [-0.25, -0.2) is 4.39 Å². The van der Waals surface area contributed by atoms with Crippen LogP contribution in [0.5, 0.6) is 0 Å². The average Bonchev–Trinajstić information content (AvgIpc) is 2.80. The molecule has 1 N–H and O–H groups in total. The van der Waals surface area contributed by atoms with Crippen molar-refractivity contribution in [3.8, 4) is 0 Å². The number of nitrogens with zero attached hydrogens (tertiary/aromatic N) is 2. The number of aromatic nitrogens is 1. The summed E-state index contributed by atoms with van der Waals surface area (Å²) in [5, 5.41) is 9.96. The molecular formula is C16H17FN2O2. The predicted octanol–water partition coefficient (Wildman–Crippen LogP) is 2.67. The normalized spacial score (nSPS) is 22.8. The third-order valence-corrected chi connectivity index (χ3v) is 4.32. The van der Waals surface area contributed by atoms with Crippen LogP contribution in [0.3, 0.4) is 0 Å². The number of pyridine rings is 1. The second kappa shape index (κ2) is 5.41. The third kappa shape index (κ3) is 2.61. The fourth-order valence-electron chi connectivity index (χ4n) is 3.12. The largest absolute Gasteiger partial charge is 0.481 e. The van der Waals surface area contributed by atoms with Crippen molar-refractivity contribution >= 4 is 16.9 Å². The van der Waals surface area contributed by atoms with Crippen molar-refractivity contribution < 1.29 is 14.3 Å². The minimum absolute atomic E-state index is 0.0514. The van der Waals surface area contributed by atoms with Gasteiger partial charge in [-0.15, -0.1) is 0 Å². The minimum atomic E-state index is -0.757. The Labute approximate surface area is 122 Å². The number of halogens is 1. The number of benzene rings is 1.